The first-order valence-corrected chi connectivity index (χ1v) is 8.98. The first-order chi connectivity index (χ1) is 12.7. The van der Waals surface area contributed by atoms with Gasteiger partial charge in [-0.3, -0.25) is 24.5 Å². The van der Waals surface area contributed by atoms with Crippen molar-refractivity contribution in [3.05, 3.63) is 38.4 Å². The minimum Gasteiger partial charge on any atom is -0.456 e. The number of hydrogen-bond donors (Lipinski definition) is 1. The molecule has 0 heterocycles. The number of carbonyl (C=O) groups is 3. The number of amides is 1. The van der Waals surface area contributed by atoms with E-state index in [1.54, 1.807) is 13.0 Å². The molecule has 0 bridgehead atoms. The van der Waals surface area contributed by atoms with E-state index in [0.717, 1.165) is 0 Å². The summed E-state index contributed by atoms with van der Waals surface area (Å²) in [5, 5.41) is 13.7. The lowest BCUT2D eigenvalue weighted by molar-refractivity contribution is -0.490. The number of nitro groups is 1. The number of ether oxygens (including phenoxy) is 1. The summed E-state index contributed by atoms with van der Waals surface area (Å²) >= 11 is 11.9. The van der Waals surface area contributed by atoms with Crippen LogP contribution >= 0.6 is 23.2 Å². The van der Waals surface area contributed by atoms with Crippen LogP contribution < -0.4 is 5.32 Å². The van der Waals surface area contributed by atoms with Gasteiger partial charge in [0, 0.05) is 23.2 Å². The molecule has 0 aromatic heterocycles. The Morgan fingerprint density at radius 2 is 1.96 bits per heavy atom. The Labute approximate surface area is 165 Å². The lowest BCUT2D eigenvalue weighted by atomic mass is 9.88. The molecule has 1 aromatic rings. The van der Waals surface area contributed by atoms with Crippen LogP contribution in [-0.4, -0.2) is 35.7 Å². The molecule has 1 aromatic carbocycles. The molecule has 3 atom stereocenters. The number of carbonyl (C=O) groups excluding carboxylic acids is 3. The molecule has 1 saturated carbocycles. The molecule has 1 aliphatic rings. The maximum atomic E-state index is 12.0. The number of ketones is 1. The molecule has 0 spiro atoms. The number of halogens is 2. The summed E-state index contributed by atoms with van der Waals surface area (Å²) in [5.41, 5.74) is 0.202. The monoisotopic (exact) mass is 416 g/mol. The molecule has 0 unspecified atom stereocenters. The maximum Gasteiger partial charge on any atom is 0.307 e. The largest absolute Gasteiger partial charge is 0.456 e. The second-order valence-electron chi connectivity index (χ2n) is 6.44. The van der Waals surface area contributed by atoms with Crippen LogP contribution in [0.4, 0.5) is 5.69 Å². The summed E-state index contributed by atoms with van der Waals surface area (Å²) in [6, 6.07) is 4.69. The minimum atomic E-state index is -0.767. The molecule has 1 N–H and O–H groups in total. The number of Topliss-reactive ketones (excluding diaryl/α,β-unsaturated/α-hetero) is 1. The Hall–Kier alpha value is -2.19. The fourth-order valence-corrected chi connectivity index (χ4v) is 3.67. The zero-order valence-electron chi connectivity index (χ0n) is 14.4. The van der Waals surface area contributed by atoms with Gasteiger partial charge in [0.2, 0.25) is 6.54 Å². The molecule has 0 aliphatic heterocycles. The smallest absolute Gasteiger partial charge is 0.307 e. The van der Waals surface area contributed by atoms with Gasteiger partial charge in [0.05, 0.1) is 22.2 Å². The maximum absolute atomic E-state index is 12.0. The van der Waals surface area contributed by atoms with Crippen LogP contribution in [0.3, 0.4) is 0 Å². The Morgan fingerprint density at radius 1 is 1.33 bits per heavy atom. The number of benzene rings is 1. The number of rotatable bonds is 7. The Morgan fingerprint density at radius 3 is 2.56 bits per heavy atom. The quantitative estimate of drug-likeness (QED) is 0.414. The minimum absolute atomic E-state index is 0.175. The average molecular weight is 417 g/mol. The van der Waals surface area contributed by atoms with Crippen LogP contribution in [0.2, 0.25) is 10.0 Å². The molecule has 1 amide bonds. The summed E-state index contributed by atoms with van der Waals surface area (Å²) < 4.78 is 4.90. The van der Waals surface area contributed by atoms with Crippen molar-refractivity contribution in [2.75, 3.05) is 18.5 Å². The van der Waals surface area contributed by atoms with E-state index in [4.69, 9.17) is 27.9 Å². The van der Waals surface area contributed by atoms with E-state index in [9.17, 15) is 24.5 Å². The van der Waals surface area contributed by atoms with Crippen molar-refractivity contribution in [3.8, 4) is 0 Å². The van der Waals surface area contributed by atoms with Crippen molar-refractivity contribution in [3.63, 3.8) is 0 Å². The predicted molar refractivity (Wildman–Crippen MR) is 98.3 cm³/mol. The number of nitrogens with one attached hydrogen (secondary N) is 1. The van der Waals surface area contributed by atoms with Crippen LogP contribution in [0.15, 0.2) is 18.2 Å². The number of para-hydroxylation sites is 1. The third kappa shape index (κ3) is 5.64. The fraction of sp³-hybridized carbons (Fsp3) is 0.471. The predicted octanol–water partition coefficient (Wildman–Crippen LogP) is 2.98. The van der Waals surface area contributed by atoms with Crippen LogP contribution in [0, 0.1) is 27.9 Å². The van der Waals surface area contributed by atoms with Gasteiger partial charge in [-0.25, -0.2) is 0 Å². The Bertz CT molecular complexity index is 750. The van der Waals surface area contributed by atoms with E-state index in [2.05, 4.69) is 5.32 Å². The summed E-state index contributed by atoms with van der Waals surface area (Å²) in [6.45, 7) is 0.783. The number of anilines is 1. The molecule has 146 valence electrons. The summed E-state index contributed by atoms with van der Waals surface area (Å²) in [7, 11) is 0. The van der Waals surface area contributed by atoms with Crippen molar-refractivity contribution >= 4 is 46.5 Å². The number of nitrogens with zero attached hydrogens (tertiary/aromatic N) is 1. The second kappa shape index (κ2) is 9.14. The summed E-state index contributed by atoms with van der Waals surface area (Å²) in [5.74, 6) is -3.07. The Kier molecular flexibility index (Phi) is 7.15. The lowest BCUT2D eigenvalue weighted by Crippen LogP contribution is -2.28. The first kappa shape index (κ1) is 21.1. The van der Waals surface area contributed by atoms with Gasteiger partial charge in [0.1, 0.15) is 5.78 Å². The topological polar surface area (TPSA) is 116 Å². The van der Waals surface area contributed by atoms with Gasteiger partial charge in [-0.15, -0.1) is 0 Å². The second-order valence-corrected chi connectivity index (χ2v) is 7.26. The highest BCUT2D eigenvalue weighted by Gasteiger charge is 2.44. The number of esters is 1. The van der Waals surface area contributed by atoms with Crippen LogP contribution in [0.5, 0.6) is 0 Å². The van der Waals surface area contributed by atoms with Gasteiger partial charge in [-0.2, -0.15) is 0 Å². The normalized spacial score (nSPS) is 21.7. The molecule has 0 radical (unpaired) electrons. The highest BCUT2D eigenvalue weighted by atomic mass is 35.5. The summed E-state index contributed by atoms with van der Waals surface area (Å²) in [4.78, 5) is 46.2. The first-order valence-electron chi connectivity index (χ1n) is 8.23. The van der Waals surface area contributed by atoms with Crippen molar-refractivity contribution in [1.29, 1.82) is 0 Å². The van der Waals surface area contributed by atoms with E-state index in [1.807, 2.05) is 0 Å². The summed E-state index contributed by atoms with van der Waals surface area (Å²) in [6.07, 6.45) is -0.0935. The lowest BCUT2D eigenvalue weighted by Gasteiger charge is -2.17. The van der Waals surface area contributed by atoms with E-state index >= 15 is 0 Å². The van der Waals surface area contributed by atoms with Gasteiger partial charge >= 0.3 is 5.97 Å². The van der Waals surface area contributed by atoms with Crippen molar-refractivity contribution in [1.82, 2.24) is 0 Å². The SMILES string of the molecule is C[C@H]1CC(=O)[C@@H](CC(=O)OCC(=O)Nc2c(Cl)cccc2Cl)[C@@H]1C[N+](=O)[O-]. The van der Waals surface area contributed by atoms with E-state index in [1.165, 1.54) is 12.1 Å². The molecule has 0 saturated heterocycles. The zero-order valence-corrected chi connectivity index (χ0v) is 16.0. The third-order valence-corrected chi connectivity index (χ3v) is 5.15. The van der Waals surface area contributed by atoms with Crippen LogP contribution in [0.25, 0.3) is 0 Å². The molecule has 8 nitrogen and oxygen atoms in total. The molecular formula is C17H18Cl2N2O6. The molecule has 10 heteroatoms. The fourth-order valence-electron chi connectivity index (χ4n) is 3.18. The molecule has 1 fully saturated rings. The van der Waals surface area contributed by atoms with Gasteiger partial charge in [-0.05, 0) is 18.1 Å². The molecule has 2 rings (SSSR count). The van der Waals surface area contributed by atoms with E-state index < -0.39 is 35.2 Å². The molecule has 27 heavy (non-hydrogen) atoms. The Balaban J connectivity index is 1.89. The molecular weight excluding hydrogens is 399 g/mol. The standard InChI is InChI=1S/C17H18Cl2N2O6/c1-9-5-14(22)10(11(9)7-21(25)26)6-16(24)27-8-15(23)20-17-12(18)3-2-4-13(17)19/h2-4,9-11H,5-8H2,1H3,(H,20,23)/t9-,10-,11+/m0/s1. The average Bonchev–Trinajstić information content (AvgIpc) is 2.83. The zero-order chi connectivity index (χ0) is 20.1. The van der Waals surface area contributed by atoms with Crippen molar-refractivity contribution < 1.29 is 24.0 Å². The van der Waals surface area contributed by atoms with Gasteiger partial charge in [0.25, 0.3) is 5.91 Å². The van der Waals surface area contributed by atoms with Gasteiger partial charge in [0.15, 0.2) is 6.61 Å². The highest BCUT2D eigenvalue weighted by Crippen LogP contribution is 2.36. The van der Waals surface area contributed by atoms with Crippen LogP contribution in [0.1, 0.15) is 19.8 Å². The number of hydrogen-bond acceptors (Lipinski definition) is 6. The van der Waals surface area contributed by atoms with E-state index in [0.29, 0.717) is 0 Å². The van der Waals surface area contributed by atoms with Crippen molar-refractivity contribution in [2.24, 2.45) is 17.8 Å². The highest BCUT2D eigenvalue weighted by molar-refractivity contribution is 6.39. The van der Waals surface area contributed by atoms with E-state index in [-0.39, 0.29) is 46.8 Å². The van der Waals surface area contributed by atoms with Crippen LogP contribution in [-0.2, 0) is 19.1 Å². The van der Waals surface area contributed by atoms with Gasteiger partial charge < -0.3 is 10.1 Å². The van der Waals surface area contributed by atoms with Crippen molar-refractivity contribution in [2.45, 2.75) is 19.8 Å². The van der Waals surface area contributed by atoms with Gasteiger partial charge in [-0.1, -0.05) is 36.2 Å². The molecule has 1 aliphatic carbocycles. The third-order valence-electron chi connectivity index (χ3n) is 4.52.